The smallest absolute Gasteiger partial charge is 0.338 e. The first kappa shape index (κ1) is 29.7. The van der Waals surface area contributed by atoms with Crippen LogP contribution in [0.2, 0.25) is 0 Å². The van der Waals surface area contributed by atoms with E-state index < -0.39 is 16.9 Å². The van der Waals surface area contributed by atoms with Crippen molar-refractivity contribution in [3.05, 3.63) is 112 Å². The molecular weight excluding hydrogens is 570 g/mol. The first-order chi connectivity index (χ1) is 20.7. The van der Waals surface area contributed by atoms with Crippen LogP contribution in [0.5, 0.6) is 5.75 Å². The maximum Gasteiger partial charge on any atom is 0.338 e. The van der Waals surface area contributed by atoms with Gasteiger partial charge in [0.1, 0.15) is 23.3 Å². The highest BCUT2D eigenvalue weighted by Gasteiger charge is 2.35. The number of aryl methyl sites for hydroxylation is 1. The van der Waals surface area contributed by atoms with Gasteiger partial charge < -0.3 is 13.9 Å². The molecule has 0 bridgehead atoms. The molecule has 1 unspecified atom stereocenters. The molecule has 43 heavy (non-hydrogen) atoms. The Bertz CT molecular complexity index is 1950. The lowest BCUT2D eigenvalue weighted by molar-refractivity contribution is -0.385. The second-order valence-electron chi connectivity index (χ2n) is 10.1. The van der Waals surface area contributed by atoms with E-state index in [4.69, 9.17) is 18.9 Å². The van der Waals surface area contributed by atoms with Crippen molar-refractivity contribution < 1.29 is 23.6 Å². The van der Waals surface area contributed by atoms with Gasteiger partial charge in [-0.25, -0.2) is 9.79 Å². The summed E-state index contributed by atoms with van der Waals surface area (Å²) in [6, 6.07) is 13.2. The zero-order valence-corrected chi connectivity index (χ0v) is 25.3. The molecule has 4 aromatic rings. The monoisotopic (exact) mass is 601 g/mol. The molecule has 0 saturated carbocycles. The van der Waals surface area contributed by atoms with E-state index >= 15 is 0 Å². The number of methoxy groups -OCH3 is 1. The van der Waals surface area contributed by atoms with E-state index in [0.29, 0.717) is 61.0 Å². The van der Waals surface area contributed by atoms with Gasteiger partial charge in [0, 0.05) is 28.8 Å². The van der Waals surface area contributed by atoms with Crippen molar-refractivity contribution in [1.82, 2.24) is 4.57 Å². The molecule has 0 saturated heterocycles. The minimum absolute atomic E-state index is 0.0119. The van der Waals surface area contributed by atoms with E-state index in [1.54, 1.807) is 45.2 Å². The molecule has 0 amide bonds. The highest BCUT2D eigenvalue weighted by Crippen LogP contribution is 2.37. The predicted octanol–water partition coefficient (Wildman–Crippen LogP) is 5.37. The number of benzene rings is 2. The van der Waals surface area contributed by atoms with E-state index in [1.165, 1.54) is 22.0 Å². The van der Waals surface area contributed by atoms with Crippen LogP contribution in [-0.4, -0.2) is 29.2 Å². The molecule has 1 aliphatic rings. The average Bonchev–Trinajstić information content (AvgIpc) is 3.58. The zero-order valence-electron chi connectivity index (χ0n) is 24.5. The maximum absolute atomic E-state index is 14.0. The number of carbonyl (C=O) groups is 1. The Kier molecular flexibility index (Phi) is 8.45. The topological polar surface area (TPSA) is 126 Å². The lowest BCUT2D eigenvalue weighted by Gasteiger charge is -2.26. The second kappa shape index (κ2) is 12.2. The number of aromatic nitrogens is 1. The molecule has 0 aliphatic carbocycles. The number of carbonyl (C=O) groups excluding carboxylic acids is 1. The van der Waals surface area contributed by atoms with Crippen molar-refractivity contribution in [3.63, 3.8) is 0 Å². The number of nitro groups is 1. The summed E-state index contributed by atoms with van der Waals surface area (Å²) < 4.78 is 19.0. The van der Waals surface area contributed by atoms with Gasteiger partial charge in [0.2, 0.25) is 0 Å². The number of allylic oxidation sites excluding steroid dienone is 1. The first-order valence-corrected chi connectivity index (χ1v) is 14.7. The summed E-state index contributed by atoms with van der Waals surface area (Å²) in [4.78, 5) is 43.8. The van der Waals surface area contributed by atoms with Crippen molar-refractivity contribution in [2.75, 3.05) is 13.7 Å². The van der Waals surface area contributed by atoms with Gasteiger partial charge in [-0.05, 0) is 57.0 Å². The Balaban J connectivity index is 1.68. The number of nitrogens with zero attached hydrogens (tertiary/aromatic N) is 3. The van der Waals surface area contributed by atoms with Gasteiger partial charge in [-0.1, -0.05) is 42.9 Å². The number of thiazole rings is 1. The Morgan fingerprint density at radius 2 is 1.95 bits per heavy atom. The molecule has 10 nitrogen and oxygen atoms in total. The third-order valence-electron chi connectivity index (χ3n) is 7.35. The fraction of sp³-hybridized carbons (Fsp3) is 0.281. The lowest BCUT2D eigenvalue weighted by Crippen LogP contribution is -2.40. The average molecular weight is 602 g/mol. The fourth-order valence-electron chi connectivity index (χ4n) is 5.19. The summed E-state index contributed by atoms with van der Waals surface area (Å²) in [6.45, 7) is 7.43. The fourth-order valence-corrected chi connectivity index (χ4v) is 6.19. The van der Waals surface area contributed by atoms with Gasteiger partial charge >= 0.3 is 5.97 Å². The maximum atomic E-state index is 14.0. The molecule has 2 aromatic carbocycles. The van der Waals surface area contributed by atoms with E-state index in [9.17, 15) is 19.7 Å². The third kappa shape index (κ3) is 5.55. The molecule has 2 aromatic heterocycles. The van der Waals surface area contributed by atoms with Crippen molar-refractivity contribution in [1.29, 1.82) is 0 Å². The quantitative estimate of drug-likeness (QED) is 0.143. The van der Waals surface area contributed by atoms with Gasteiger partial charge in [0.15, 0.2) is 4.80 Å². The second-order valence-corrected chi connectivity index (χ2v) is 11.1. The van der Waals surface area contributed by atoms with Gasteiger partial charge in [-0.2, -0.15) is 0 Å². The molecule has 0 fully saturated rings. The molecule has 0 N–H and O–H groups in total. The molecule has 11 heteroatoms. The van der Waals surface area contributed by atoms with Crippen molar-refractivity contribution in [2.24, 2.45) is 4.99 Å². The molecule has 0 spiro atoms. The minimum Gasteiger partial charge on any atom is -0.496 e. The largest absolute Gasteiger partial charge is 0.496 e. The summed E-state index contributed by atoms with van der Waals surface area (Å²) in [5, 5.41) is 11.6. The third-order valence-corrected chi connectivity index (χ3v) is 8.33. The molecule has 1 aliphatic heterocycles. The lowest BCUT2D eigenvalue weighted by atomic mass is 9.93. The van der Waals surface area contributed by atoms with E-state index in [1.807, 2.05) is 38.1 Å². The van der Waals surface area contributed by atoms with Gasteiger partial charge in [-0.3, -0.25) is 19.5 Å². The SMILES string of the molecule is CCCC1=C(C(=O)OCC)C(c2ccccc2OC)n2c(s/c(=C\c3ccc(-c4cc(C)c(C)c([N+](=O)[O-])c4)o3)c2=O)=N1. The first-order valence-electron chi connectivity index (χ1n) is 13.9. The van der Waals surface area contributed by atoms with Gasteiger partial charge in [0.25, 0.3) is 11.2 Å². The standard InChI is InChI=1S/C32H31N3O7S/c1-6-10-23-28(31(37)41-7-2)29(22-11-8-9-12-26(22)40-5)34-30(36)27(43-32(34)33-23)17-21-13-14-25(42-21)20-15-18(3)19(4)24(16-20)35(38)39/h8-9,11-17,29H,6-7,10H2,1-5H3/b27-17-. The van der Waals surface area contributed by atoms with Crippen LogP contribution in [-0.2, 0) is 9.53 Å². The number of furan rings is 1. The Hall–Kier alpha value is -4.77. The van der Waals surface area contributed by atoms with Gasteiger partial charge in [0.05, 0.1) is 34.4 Å². The van der Waals surface area contributed by atoms with Crippen LogP contribution < -0.4 is 19.6 Å². The van der Waals surface area contributed by atoms with Gasteiger partial charge in [-0.15, -0.1) is 0 Å². The summed E-state index contributed by atoms with van der Waals surface area (Å²) in [7, 11) is 1.54. The Morgan fingerprint density at radius 3 is 2.65 bits per heavy atom. The number of rotatable bonds is 9. The number of fused-ring (bicyclic) bond motifs is 1. The van der Waals surface area contributed by atoms with Crippen LogP contribution in [0, 0.1) is 24.0 Å². The molecule has 3 heterocycles. The summed E-state index contributed by atoms with van der Waals surface area (Å²) in [6.07, 6.45) is 2.88. The highest BCUT2D eigenvalue weighted by molar-refractivity contribution is 7.07. The van der Waals surface area contributed by atoms with Crippen LogP contribution in [0.1, 0.15) is 55.2 Å². The minimum atomic E-state index is -0.807. The number of nitro benzene ring substituents is 1. The van der Waals surface area contributed by atoms with E-state index in [0.717, 1.165) is 12.0 Å². The number of hydrogen-bond acceptors (Lipinski definition) is 9. The van der Waals surface area contributed by atoms with Crippen LogP contribution in [0.3, 0.4) is 0 Å². The predicted molar refractivity (Wildman–Crippen MR) is 163 cm³/mol. The number of hydrogen-bond donors (Lipinski definition) is 0. The highest BCUT2D eigenvalue weighted by atomic mass is 32.1. The summed E-state index contributed by atoms with van der Waals surface area (Å²) in [5.41, 5.74) is 3.11. The van der Waals surface area contributed by atoms with Crippen molar-refractivity contribution in [2.45, 2.75) is 46.6 Å². The van der Waals surface area contributed by atoms with E-state index in [-0.39, 0.29) is 17.9 Å². The zero-order chi connectivity index (χ0) is 30.8. The number of ether oxygens (including phenoxy) is 2. The summed E-state index contributed by atoms with van der Waals surface area (Å²) >= 11 is 1.19. The molecular formula is C32H31N3O7S. The van der Waals surface area contributed by atoms with Crippen LogP contribution in [0.25, 0.3) is 17.4 Å². The molecule has 222 valence electrons. The number of esters is 1. The summed E-state index contributed by atoms with van der Waals surface area (Å²) in [5.74, 6) is 0.832. The van der Waals surface area contributed by atoms with Crippen molar-refractivity contribution >= 4 is 29.1 Å². The molecule has 0 radical (unpaired) electrons. The van der Waals surface area contributed by atoms with E-state index in [2.05, 4.69) is 0 Å². The van der Waals surface area contributed by atoms with Crippen LogP contribution in [0.15, 0.2) is 74.0 Å². The Labute approximate surface area is 251 Å². The molecule has 5 rings (SSSR count). The Morgan fingerprint density at radius 1 is 1.19 bits per heavy atom. The van der Waals surface area contributed by atoms with Crippen LogP contribution in [0.4, 0.5) is 5.69 Å². The molecule has 1 atom stereocenters. The normalized spacial score (nSPS) is 14.8. The number of para-hydroxylation sites is 1. The van der Waals surface area contributed by atoms with Crippen LogP contribution >= 0.6 is 11.3 Å². The van der Waals surface area contributed by atoms with Crippen molar-refractivity contribution in [3.8, 4) is 17.1 Å².